The number of aromatic carboxylic acids is 1. The van der Waals surface area contributed by atoms with Crippen LogP contribution in [0.2, 0.25) is 0 Å². The molecule has 2 N–H and O–H groups in total. The fraction of sp³-hybridized carbons (Fsp3) is 0.364. The Morgan fingerprint density at radius 3 is 2.17 bits per heavy atom. The van der Waals surface area contributed by atoms with Crippen molar-refractivity contribution in [2.45, 2.75) is 45.4 Å². The van der Waals surface area contributed by atoms with E-state index in [1.807, 2.05) is 0 Å². The summed E-state index contributed by atoms with van der Waals surface area (Å²) in [5, 5.41) is 18.1. The van der Waals surface area contributed by atoms with Crippen molar-refractivity contribution >= 4 is 12.1 Å². The summed E-state index contributed by atoms with van der Waals surface area (Å²) in [4.78, 5) is 22.2. The number of ether oxygens (including phenoxy) is 3. The van der Waals surface area contributed by atoms with Gasteiger partial charge in [-0.3, -0.25) is 0 Å². The molecule has 29 heavy (non-hydrogen) atoms. The van der Waals surface area contributed by atoms with Crippen LogP contribution in [-0.2, 0) is 0 Å². The van der Waals surface area contributed by atoms with E-state index >= 15 is 0 Å². The fourth-order valence-corrected chi connectivity index (χ4v) is 2.76. The molecule has 0 atom stereocenters. The van der Waals surface area contributed by atoms with Crippen molar-refractivity contribution in [3.63, 3.8) is 0 Å². The molecule has 2 aromatic rings. The topological polar surface area (TPSA) is 102 Å². The monoisotopic (exact) mass is 402 g/mol. The first kappa shape index (κ1) is 22.1. The SMILES string of the molecule is CCCCCCCCOc1ccc(Oc2cccc(C(=O)O)c2OC(=O)O)cc1. The maximum Gasteiger partial charge on any atom is 0.511 e. The standard InChI is InChI=1S/C22H26O7/c1-2-3-4-5-6-7-15-27-16-11-13-17(14-12-16)28-19-10-8-9-18(21(23)24)20(19)29-22(25)26/h8-14H,2-7,15H2,1H3,(H,23,24)(H,25,26). The highest BCUT2D eigenvalue weighted by atomic mass is 16.7. The molecule has 2 rings (SSSR count). The number of rotatable bonds is 12. The van der Waals surface area contributed by atoms with Crippen LogP contribution >= 0.6 is 0 Å². The van der Waals surface area contributed by atoms with Crippen molar-refractivity contribution < 1.29 is 34.0 Å². The highest BCUT2D eigenvalue weighted by Gasteiger charge is 2.20. The quantitative estimate of drug-likeness (QED) is 0.256. The van der Waals surface area contributed by atoms with Crippen molar-refractivity contribution in [1.82, 2.24) is 0 Å². The van der Waals surface area contributed by atoms with Crippen LogP contribution in [0.5, 0.6) is 23.0 Å². The zero-order valence-electron chi connectivity index (χ0n) is 16.4. The van der Waals surface area contributed by atoms with Gasteiger partial charge in [-0.25, -0.2) is 9.59 Å². The summed E-state index contributed by atoms with van der Waals surface area (Å²) in [6.45, 7) is 2.84. The number of carboxylic acids is 1. The number of carbonyl (C=O) groups is 2. The van der Waals surface area contributed by atoms with E-state index in [0.717, 1.165) is 12.8 Å². The molecule has 0 saturated heterocycles. The van der Waals surface area contributed by atoms with Crippen LogP contribution in [0.3, 0.4) is 0 Å². The van der Waals surface area contributed by atoms with E-state index in [-0.39, 0.29) is 17.1 Å². The summed E-state index contributed by atoms with van der Waals surface area (Å²) in [5.74, 6) is -0.587. The fourth-order valence-electron chi connectivity index (χ4n) is 2.76. The van der Waals surface area contributed by atoms with E-state index in [9.17, 15) is 14.7 Å². The van der Waals surface area contributed by atoms with E-state index < -0.39 is 12.1 Å². The van der Waals surface area contributed by atoms with Gasteiger partial charge < -0.3 is 24.4 Å². The molecule has 0 heterocycles. The lowest BCUT2D eigenvalue weighted by molar-refractivity contribution is 0.0692. The number of hydrogen-bond acceptors (Lipinski definition) is 5. The second kappa shape index (κ2) is 11.6. The molecule has 0 radical (unpaired) electrons. The van der Waals surface area contributed by atoms with E-state index in [0.29, 0.717) is 18.1 Å². The van der Waals surface area contributed by atoms with Crippen LogP contribution in [0.4, 0.5) is 4.79 Å². The van der Waals surface area contributed by atoms with E-state index in [1.54, 1.807) is 24.3 Å². The van der Waals surface area contributed by atoms with E-state index in [1.165, 1.54) is 43.9 Å². The largest absolute Gasteiger partial charge is 0.511 e. The molecule has 0 saturated carbocycles. The molecule has 7 heteroatoms. The number of para-hydroxylation sites is 1. The lowest BCUT2D eigenvalue weighted by Gasteiger charge is -2.12. The first-order chi connectivity index (χ1) is 14.0. The number of hydrogen-bond donors (Lipinski definition) is 2. The third-order valence-electron chi connectivity index (χ3n) is 4.22. The van der Waals surface area contributed by atoms with Gasteiger partial charge in [-0.15, -0.1) is 0 Å². The Balaban J connectivity index is 1.95. The van der Waals surface area contributed by atoms with Gasteiger partial charge in [0.05, 0.1) is 6.61 Å². The van der Waals surface area contributed by atoms with Crippen LogP contribution in [0, 0.1) is 0 Å². The normalized spacial score (nSPS) is 10.4. The van der Waals surface area contributed by atoms with Crippen molar-refractivity contribution in [2.75, 3.05) is 6.61 Å². The van der Waals surface area contributed by atoms with Crippen molar-refractivity contribution in [1.29, 1.82) is 0 Å². The summed E-state index contributed by atoms with van der Waals surface area (Å²) >= 11 is 0. The lowest BCUT2D eigenvalue weighted by Crippen LogP contribution is -2.09. The number of benzene rings is 2. The van der Waals surface area contributed by atoms with Crippen LogP contribution < -0.4 is 14.2 Å². The highest BCUT2D eigenvalue weighted by molar-refractivity contribution is 5.92. The smallest absolute Gasteiger partial charge is 0.494 e. The first-order valence-electron chi connectivity index (χ1n) is 9.69. The van der Waals surface area contributed by atoms with Gasteiger partial charge in [0.15, 0.2) is 11.5 Å². The predicted octanol–water partition coefficient (Wildman–Crippen LogP) is 5.97. The summed E-state index contributed by atoms with van der Waals surface area (Å²) in [6.07, 6.45) is 5.51. The molecule has 7 nitrogen and oxygen atoms in total. The first-order valence-corrected chi connectivity index (χ1v) is 9.69. The molecule has 156 valence electrons. The second-order valence-electron chi connectivity index (χ2n) is 6.50. The molecule has 0 bridgehead atoms. The Bertz CT molecular complexity index is 799. The van der Waals surface area contributed by atoms with Gasteiger partial charge in [-0.1, -0.05) is 45.1 Å². The molecule has 2 aromatic carbocycles. The number of carboxylic acid groups (broad SMARTS) is 2. The summed E-state index contributed by atoms with van der Waals surface area (Å²) < 4.78 is 16.0. The Morgan fingerprint density at radius 2 is 1.52 bits per heavy atom. The Morgan fingerprint density at radius 1 is 0.862 bits per heavy atom. The Hall–Kier alpha value is -3.22. The minimum atomic E-state index is -1.62. The van der Waals surface area contributed by atoms with Gasteiger partial charge in [0.25, 0.3) is 0 Å². The van der Waals surface area contributed by atoms with Gasteiger partial charge >= 0.3 is 12.1 Å². The zero-order valence-corrected chi connectivity index (χ0v) is 16.4. The maximum absolute atomic E-state index is 11.3. The zero-order chi connectivity index (χ0) is 21.1. The third-order valence-corrected chi connectivity index (χ3v) is 4.22. The molecule has 0 spiro atoms. The van der Waals surface area contributed by atoms with Crippen molar-refractivity contribution in [3.8, 4) is 23.0 Å². The number of unbranched alkanes of at least 4 members (excludes halogenated alkanes) is 5. The van der Waals surface area contributed by atoms with Crippen LogP contribution in [0.1, 0.15) is 55.8 Å². The summed E-state index contributed by atoms with van der Waals surface area (Å²) in [6, 6.07) is 10.9. The molecular weight excluding hydrogens is 376 g/mol. The third kappa shape index (κ3) is 7.37. The molecule has 0 fully saturated rings. The van der Waals surface area contributed by atoms with Crippen LogP contribution in [0.25, 0.3) is 0 Å². The minimum Gasteiger partial charge on any atom is -0.494 e. The van der Waals surface area contributed by atoms with Crippen molar-refractivity contribution in [2.24, 2.45) is 0 Å². The minimum absolute atomic E-state index is 0.00644. The van der Waals surface area contributed by atoms with Crippen LogP contribution in [0.15, 0.2) is 42.5 Å². The average molecular weight is 402 g/mol. The lowest BCUT2D eigenvalue weighted by atomic mass is 10.1. The molecule has 0 aliphatic carbocycles. The predicted molar refractivity (Wildman–Crippen MR) is 107 cm³/mol. The van der Waals surface area contributed by atoms with Gasteiger partial charge in [0.2, 0.25) is 0 Å². The molecule has 0 amide bonds. The summed E-state index contributed by atoms with van der Waals surface area (Å²) in [5.41, 5.74) is -0.302. The second-order valence-corrected chi connectivity index (χ2v) is 6.50. The van der Waals surface area contributed by atoms with Crippen molar-refractivity contribution in [3.05, 3.63) is 48.0 Å². The van der Waals surface area contributed by atoms with Gasteiger partial charge in [0, 0.05) is 0 Å². The highest BCUT2D eigenvalue weighted by Crippen LogP contribution is 2.35. The molecule has 0 aliphatic heterocycles. The average Bonchev–Trinajstić information content (AvgIpc) is 2.69. The Labute approximate surface area is 169 Å². The van der Waals surface area contributed by atoms with Gasteiger partial charge in [-0.2, -0.15) is 0 Å². The van der Waals surface area contributed by atoms with E-state index in [2.05, 4.69) is 11.7 Å². The molecule has 0 unspecified atom stereocenters. The molecule has 0 aromatic heterocycles. The Kier molecular flexibility index (Phi) is 8.82. The molecular formula is C22H26O7. The summed E-state index contributed by atoms with van der Waals surface area (Å²) in [7, 11) is 0. The molecule has 0 aliphatic rings. The van der Waals surface area contributed by atoms with Gasteiger partial charge in [0.1, 0.15) is 17.1 Å². The maximum atomic E-state index is 11.3. The van der Waals surface area contributed by atoms with E-state index in [4.69, 9.17) is 14.6 Å². The van der Waals surface area contributed by atoms with Gasteiger partial charge in [-0.05, 0) is 42.8 Å². The van der Waals surface area contributed by atoms with Crippen LogP contribution in [-0.4, -0.2) is 28.9 Å².